The predicted molar refractivity (Wildman–Crippen MR) is 134 cm³/mol. The molecule has 3 aromatic carbocycles. The first-order valence-electron chi connectivity index (χ1n) is 11.8. The van der Waals surface area contributed by atoms with E-state index in [4.69, 9.17) is 0 Å². The quantitative estimate of drug-likeness (QED) is 0.421. The highest BCUT2D eigenvalue weighted by atomic mass is 14.6. The van der Waals surface area contributed by atoms with Crippen molar-refractivity contribution in [2.24, 2.45) is 10.8 Å². The Balaban J connectivity index is 1.62. The van der Waals surface area contributed by atoms with Gasteiger partial charge in [0.1, 0.15) is 0 Å². The fourth-order valence-corrected chi connectivity index (χ4v) is 7.61. The zero-order chi connectivity index (χ0) is 21.2. The van der Waals surface area contributed by atoms with E-state index in [1.807, 2.05) is 0 Å². The maximum atomic E-state index is 2.52. The zero-order valence-electron chi connectivity index (χ0n) is 18.5. The SMILES string of the molecule is C[C@@]12C3=Cc4ccccc4C1=CC=C1C4=c5c(ccc6cccc(c56)CC4)=C(C=C3)[C@@]12C. The Morgan fingerprint density at radius 1 is 0.750 bits per heavy atom. The molecular weight excluding hydrogens is 384 g/mol. The van der Waals surface area contributed by atoms with Gasteiger partial charge in [-0.1, -0.05) is 98.8 Å². The normalized spacial score (nSPS) is 28.0. The lowest BCUT2D eigenvalue weighted by molar-refractivity contribution is 0.306. The highest BCUT2D eigenvalue weighted by Crippen LogP contribution is 2.68. The van der Waals surface area contributed by atoms with E-state index in [1.54, 1.807) is 11.1 Å². The molecule has 0 radical (unpaired) electrons. The molecule has 0 saturated heterocycles. The van der Waals surface area contributed by atoms with Gasteiger partial charge in [0, 0.05) is 10.8 Å². The number of benzene rings is 3. The molecule has 0 saturated carbocycles. The van der Waals surface area contributed by atoms with E-state index in [2.05, 4.69) is 98.8 Å². The van der Waals surface area contributed by atoms with Gasteiger partial charge in [0.05, 0.1) is 0 Å². The highest BCUT2D eigenvalue weighted by molar-refractivity contribution is 6.01. The van der Waals surface area contributed by atoms with Crippen LogP contribution in [0.15, 0.2) is 90.0 Å². The average molecular weight is 409 g/mol. The van der Waals surface area contributed by atoms with Crippen molar-refractivity contribution in [3.05, 3.63) is 117 Å². The Morgan fingerprint density at radius 3 is 2.56 bits per heavy atom. The number of hydrogen-bond donors (Lipinski definition) is 0. The van der Waals surface area contributed by atoms with Gasteiger partial charge in [-0.05, 0) is 78.6 Å². The summed E-state index contributed by atoms with van der Waals surface area (Å²) in [6, 6.07) is 20.5. The summed E-state index contributed by atoms with van der Waals surface area (Å²) >= 11 is 0. The Labute approximate surface area is 188 Å². The van der Waals surface area contributed by atoms with Crippen LogP contribution in [-0.4, -0.2) is 0 Å². The molecule has 0 fully saturated rings. The second kappa shape index (κ2) is 5.33. The van der Waals surface area contributed by atoms with Crippen molar-refractivity contribution in [2.75, 3.05) is 0 Å². The molecule has 0 spiro atoms. The van der Waals surface area contributed by atoms with E-state index in [0.29, 0.717) is 0 Å². The van der Waals surface area contributed by atoms with E-state index < -0.39 is 0 Å². The van der Waals surface area contributed by atoms with Crippen molar-refractivity contribution in [3.8, 4) is 0 Å². The van der Waals surface area contributed by atoms with Gasteiger partial charge >= 0.3 is 0 Å². The van der Waals surface area contributed by atoms with Crippen LogP contribution in [0.3, 0.4) is 0 Å². The number of allylic oxidation sites excluding steroid dienone is 7. The maximum absolute atomic E-state index is 2.52. The zero-order valence-corrected chi connectivity index (χ0v) is 18.5. The molecule has 0 aromatic heterocycles. The predicted octanol–water partition coefficient (Wildman–Crippen LogP) is 6.10. The van der Waals surface area contributed by atoms with Gasteiger partial charge in [-0.2, -0.15) is 0 Å². The second-order valence-corrected chi connectivity index (χ2v) is 10.3. The molecule has 0 amide bonds. The van der Waals surface area contributed by atoms with Crippen molar-refractivity contribution in [1.82, 2.24) is 0 Å². The largest absolute Gasteiger partial charge is 0.0616 e. The third-order valence-electron chi connectivity index (χ3n) is 9.29. The molecule has 3 aromatic rings. The lowest BCUT2D eigenvalue weighted by atomic mass is 9.44. The molecule has 2 atom stereocenters. The van der Waals surface area contributed by atoms with Gasteiger partial charge in [-0.15, -0.1) is 0 Å². The number of rotatable bonds is 0. The van der Waals surface area contributed by atoms with Crippen LogP contribution < -0.4 is 10.4 Å². The van der Waals surface area contributed by atoms with E-state index in [9.17, 15) is 0 Å². The molecule has 0 bridgehead atoms. The van der Waals surface area contributed by atoms with E-state index in [0.717, 1.165) is 12.8 Å². The summed E-state index contributed by atoms with van der Waals surface area (Å²) < 4.78 is 0. The molecule has 0 unspecified atom stereocenters. The molecular formula is C32H24. The van der Waals surface area contributed by atoms with Crippen LogP contribution >= 0.6 is 0 Å². The van der Waals surface area contributed by atoms with E-state index in [1.165, 1.54) is 54.6 Å². The molecule has 0 heteroatoms. The van der Waals surface area contributed by atoms with Crippen LogP contribution in [0.25, 0.3) is 33.6 Å². The molecule has 0 heterocycles. The fourth-order valence-electron chi connectivity index (χ4n) is 7.61. The minimum absolute atomic E-state index is 0.0620. The summed E-state index contributed by atoms with van der Waals surface area (Å²) in [7, 11) is 0. The topological polar surface area (TPSA) is 0 Å². The van der Waals surface area contributed by atoms with Crippen LogP contribution in [0, 0.1) is 10.8 Å². The van der Waals surface area contributed by atoms with Crippen LogP contribution in [0.1, 0.15) is 37.0 Å². The van der Waals surface area contributed by atoms with Crippen LogP contribution in [0.2, 0.25) is 0 Å². The first-order valence-corrected chi connectivity index (χ1v) is 11.8. The average Bonchev–Trinajstić information content (AvgIpc) is 2.81. The van der Waals surface area contributed by atoms with Crippen molar-refractivity contribution < 1.29 is 0 Å². The summed E-state index contributed by atoms with van der Waals surface area (Å²) in [5, 5.41) is 5.84. The summed E-state index contributed by atoms with van der Waals surface area (Å²) in [5.74, 6) is 0. The first kappa shape index (κ1) is 17.2. The summed E-state index contributed by atoms with van der Waals surface area (Å²) in [5.41, 5.74) is 11.7. The van der Waals surface area contributed by atoms with Crippen LogP contribution in [0.4, 0.5) is 0 Å². The molecule has 0 N–H and O–H groups in total. The minimum atomic E-state index is -0.0634. The van der Waals surface area contributed by atoms with E-state index >= 15 is 0 Å². The summed E-state index contributed by atoms with van der Waals surface area (Å²) in [6.07, 6.45) is 14.5. The van der Waals surface area contributed by atoms with Gasteiger partial charge in [0.15, 0.2) is 0 Å². The highest BCUT2D eigenvalue weighted by Gasteiger charge is 2.58. The number of hydrogen-bond acceptors (Lipinski definition) is 0. The van der Waals surface area contributed by atoms with Gasteiger partial charge in [-0.3, -0.25) is 0 Å². The number of fused-ring (bicyclic) bond motifs is 3. The molecule has 0 nitrogen and oxygen atoms in total. The molecule has 32 heavy (non-hydrogen) atoms. The molecule has 8 rings (SSSR count). The van der Waals surface area contributed by atoms with Gasteiger partial charge in [0.2, 0.25) is 0 Å². The van der Waals surface area contributed by atoms with Crippen LogP contribution in [-0.2, 0) is 6.42 Å². The molecule has 152 valence electrons. The Hall–Kier alpha value is -3.38. The lowest BCUT2D eigenvalue weighted by Gasteiger charge is -2.58. The van der Waals surface area contributed by atoms with Gasteiger partial charge < -0.3 is 0 Å². The van der Waals surface area contributed by atoms with Crippen LogP contribution in [0.5, 0.6) is 0 Å². The van der Waals surface area contributed by atoms with Gasteiger partial charge in [-0.25, -0.2) is 0 Å². The third kappa shape index (κ3) is 1.66. The lowest BCUT2D eigenvalue weighted by Crippen LogP contribution is -2.53. The van der Waals surface area contributed by atoms with E-state index in [-0.39, 0.29) is 10.8 Å². The Bertz CT molecular complexity index is 1680. The monoisotopic (exact) mass is 408 g/mol. The van der Waals surface area contributed by atoms with Crippen molar-refractivity contribution in [3.63, 3.8) is 0 Å². The smallest absolute Gasteiger partial charge is 0.0318 e. The molecule has 0 aliphatic heterocycles. The number of aryl methyl sites for hydroxylation is 1. The summed E-state index contributed by atoms with van der Waals surface area (Å²) in [6.45, 7) is 5.02. The van der Waals surface area contributed by atoms with Gasteiger partial charge in [0.25, 0.3) is 0 Å². The molecule has 5 aliphatic rings. The Kier molecular flexibility index (Phi) is 2.86. The maximum Gasteiger partial charge on any atom is 0.0318 e. The summed E-state index contributed by atoms with van der Waals surface area (Å²) in [4.78, 5) is 0. The Morgan fingerprint density at radius 2 is 1.62 bits per heavy atom. The first-order chi connectivity index (χ1) is 15.6. The minimum Gasteiger partial charge on any atom is -0.0616 e. The standard InChI is InChI=1S/C32H24/c1-31-22-12-15-27-24-13-10-19-7-5-8-20-11-14-25(30(24)29(19)20)28(32(27,31)2)17-16-26(31)23-9-4-3-6-21(23)18-22/h3-10,12-13,15-18H,11,14H2,1-2H3/t31-,32+/m1/s1. The third-order valence-corrected chi connectivity index (χ3v) is 9.29. The second-order valence-electron chi connectivity index (χ2n) is 10.3. The fraction of sp³-hybridized carbons (Fsp3) is 0.188. The molecule has 5 aliphatic carbocycles. The van der Waals surface area contributed by atoms with Crippen molar-refractivity contribution in [1.29, 1.82) is 0 Å². The van der Waals surface area contributed by atoms with Crippen molar-refractivity contribution in [2.45, 2.75) is 26.7 Å². The van der Waals surface area contributed by atoms with Crippen molar-refractivity contribution >= 4 is 33.6 Å².